The minimum atomic E-state index is -0.170. The van der Waals surface area contributed by atoms with Crippen molar-refractivity contribution in [2.24, 2.45) is 5.73 Å². The standard InChI is InChI=1S/C15H17N3O2/c16-8-12-3-5-14(6-4-12)20-11-15(19)18-10-13-2-1-7-17-9-13/h1-7,9H,8,10-11,16H2,(H,18,19). The van der Waals surface area contributed by atoms with Gasteiger partial charge in [-0.2, -0.15) is 0 Å². The van der Waals surface area contributed by atoms with Crippen molar-refractivity contribution in [2.75, 3.05) is 6.61 Å². The van der Waals surface area contributed by atoms with Crippen molar-refractivity contribution in [3.8, 4) is 5.75 Å². The lowest BCUT2D eigenvalue weighted by Crippen LogP contribution is -2.28. The van der Waals surface area contributed by atoms with Crippen LogP contribution in [0, 0.1) is 0 Å². The van der Waals surface area contributed by atoms with E-state index in [1.807, 2.05) is 24.3 Å². The third-order valence-corrected chi connectivity index (χ3v) is 2.74. The Bertz CT molecular complexity index is 541. The van der Waals surface area contributed by atoms with Crippen molar-refractivity contribution >= 4 is 5.91 Å². The first-order chi connectivity index (χ1) is 9.78. The van der Waals surface area contributed by atoms with E-state index in [1.165, 1.54) is 0 Å². The van der Waals surface area contributed by atoms with Crippen LogP contribution < -0.4 is 15.8 Å². The van der Waals surface area contributed by atoms with Crippen molar-refractivity contribution < 1.29 is 9.53 Å². The van der Waals surface area contributed by atoms with Crippen molar-refractivity contribution in [1.29, 1.82) is 0 Å². The molecule has 0 aliphatic heterocycles. The Hall–Kier alpha value is -2.40. The number of nitrogens with one attached hydrogen (secondary N) is 1. The maximum atomic E-state index is 11.6. The molecule has 0 aliphatic carbocycles. The van der Waals surface area contributed by atoms with Crippen LogP contribution in [0.15, 0.2) is 48.8 Å². The summed E-state index contributed by atoms with van der Waals surface area (Å²) in [5.41, 5.74) is 7.49. The Morgan fingerprint density at radius 2 is 2.00 bits per heavy atom. The minimum absolute atomic E-state index is 0.0117. The molecule has 0 saturated carbocycles. The van der Waals surface area contributed by atoms with E-state index >= 15 is 0 Å². The summed E-state index contributed by atoms with van der Waals surface area (Å²) in [7, 11) is 0. The summed E-state index contributed by atoms with van der Waals surface area (Å²) < 4.78 is 5.39. The highest BCUT2D eigenvalue weighted by atomic mass is 16.5. The quantitative estimate of drug-likeness (QED) is 0.828. The zero-order valence-corrected chi connectivity index (χ0v) is 11.1. The molecule has 0 spiro atoms. The Labute approximate surface area is 117 Å². The van der Waals surface area contributed by atoms with Crippen LogP contribution in [-0.2, 0) is 17.9 Å². The van der Waals surface area contributed by atoms with Crippen LogP contribution in [0.2, 0.25) is 0 Å². The molecule has 0 unspecified atom stereocenters. The lowest BCUT2D eigenvalue weighted by Gasteiger charge is -2.08. The highest BCUT2D eigenvalue weighted by molar-refractivity contribution is 5.77. The molecule has 20 heavy (non-hydrogen) atoms. The zero-order valence-electron chi connectivity index (χ0n) is 11.1. The predicted molar refractivity (Wildman–Crippen MR) is 75.9 cm³/mol. The van der Waals surface area contributed by atoms with Crippen LogP contribution in [0.1, 0.15) is 11.1 Å². The maximum Gasteiger partial charge on any atom is 0.258 e. The van der Waals surface area contributed by atoms with Crippen LogP contribution >= 0.6 is 0 Å². The first kappa shape index (κ1) is 14.0. The summed E-state index contributed by atoms with van der Waals surface area (Å²) in [6.07, 6.45) is 3.41. The normalized spacial score (nSPS) is 10.1. The first-order valence-electron chi connectivity index (χ1n) is 6.35. The van der Waals surface area contributed by atoms with E-state index in [0.717, 1.165) is 11.1 Å². The van der Waals surface area contributed by atoms with E-state index < -0.39 is 0 Å². The molecule has 1 aromatic carbocycles. The average Bonchev–Trinajstić information content (AvgIpc) is 2.52. The van der Waals surface area contributed by atoms with Crippen molar-refractivity contribution in [1.82, 2.24) is 10.3 Å². The molecule has 1 heterocycles. The number of amides is 1. The third kappa shape index (κ3) is 4.37. The van der Waals surface area contributed by atoms with Gasteiger partial charge in [0.25, 0.3) is 5.91 Å². The number of rotatable bonds is 6. The molecule has 0 aliphatic rings. The minimum Gasteiger partial charge on any atom is -0.484 e. The van der Waals surface area contributed by atoms with Crippen molar-refractivity contribution in [2.45, 2.75) is 13.1 Å². The van der Waals surface area contributed by atoms with Gasteiger partial charge in [0.1, 0.15) is 5.75 Å². The van der Waals surface area contributed by atoms with Gasteiger partial charge in [-0.3, -0.25) is 9.78 Å². The number of pyridine rings is 1. The zero-order chi connectivity index (χ0) is 14.2. The molecule has 5 nitrogen and oxygen atoms in total. The lowest BCUT2D eigenvalue weighted by molar-refractivity contribution is -0.123. The summed E-state index contributed by atoms with van der Waals surface area (Å²) in [5, 5.41) is 2.77. The van der Waals surface area contributed by atoms with Crippen LogP contribution in [0.4, 0.5) is 0 Å². The molecule has 1 amide bonds. The summed E-state index contributed by atoms with van der Waals surface area (Å²) in [6, 6.07) is 11.1. The fourth-order valence-electron chi connectivity index (χ4n) is 1.63. The number of nitrogens with zero attached hydrogens (tertiary/aromatic N) is 1. The molecule has 0 fully saturated rings. The predicted octanol–water partition coefficient (Wildman–Crippen LogP) is 1.24. The van der Waals surface area contributed by atoms with Gasteiger partial charge in [0.15, 0.2) is 6.61 Å². The second-order valence-corrected chi connectivity index (χ2v) is 4.27. The van der Waals surface area contributed by atoms with Gasteiger partial charge in [0, 0.05) is 25.5 Å². The van der Waals surface area contributed by atoms with E-state index in [0.29, 0.717) is 18.8 Å². The first-order valence-corrected chi connectivity index (χ1v) is 6.35. The molecule has 0 radical (unpaired) electrons. The fraction of sp³-hybridized carbons (Fsp3) is 0.200. The lowest BCUT2D eigenvalue weighted by atomic mass is 10.2. The smallest absolute Gasteiger partial charge is 0.258 e. The Morgan fingerprint density at radius 1 is 1.20 bits per heavy atom. The van der Waals surface area contributed by atoms with E-state index in [9.17, 15) is 4.79 Å². The van der Waals surface area contributed by atoms with E-state index in [-0.39, 0.29) is 12.5 Å². The Morgan fingerprint density at radius 3 is 2.65 bits per heavy atom. The molecule has 5 heteroatoms. The van der Waals surface area contributed by atoms with E-state index in [1.54, 1.807) is 24.5 Å². The van der Waals surface area contributed by atoms with Gasteiger partial charge in [-0.05, 0) is 29.3 Å². The Kier molecular flexibility index (Phi) is 5.08. The van der Waals surface area contributed by atoms with Crippen LogP contribution in [0.5, 0.6) is 5.75 Å². The number of nitrogens with two attached hydrogens (primary N) is 1. The highest BCUT2D eigenvalue weighted by Crippen LogP contribution is 2.11. The summed E-state index contributed by atoms with van der Waals surface area (Å²) in [6.45, 7) is 0.927. The fourth-order valence-corrected chi connectivity index (χ4v) is 1.63. The number of hydrogen-bond acceptors (Lipinski definition) is 4. The summed E-state index contributed by atoms with van der Waals surface area (Å²) in [5.74, 6) is 0.482. The monoisotopic (exact) mass is 271 g/mol. The third-order valence-electron chi connectivity index (χ3n) is 2.74. The van der Waals surface area contributed by atoms with Crippen LogP contribution in [0.3, 0.4) is 0 Å². The van der Waals surface area contributed by atoms with Gasteiger partial charge in [-0.1, -0.05) is 18.2 Å². The van der Waals surface area contributed by atoms with Crippen molar-refractivity contribution in [3.63, 3.8) is 0 Å². The number of benzene rings is 1. The second kappa shape index (κ2) is 7.25. The molecule has 0 bridgehead atoms. The topological polar surface area (TPSA) is 77.2 Å². The highest BCUT2D eigenvalue weighted by Gasteiger charge is 2.03. The summed E-state index contributed by atoms with van der Waals surface area (Å²) in [4.78, 5) is 15.6. The molecule has 104 valence electrons. The van der Waals surface area contributed by atoms with Gasteiger partial charge in [-0.15, -0.1) is 0 Å². The second-order valence-electron chi connectivity index (χ2n) is 4.27. The summed E-state index contributed by atoms with van der Waals surface area (Å²) >= 11 is 0. The van der Waals surface area contributed by atoms with Gasteiger partial charge in [0.05, 0.1) is 0 Å². The number of ether oxygens (including phenoxy) is 1. The molecular weight excluding hydrogens is 254 g/mol. The maximum absolute atomic E-state index is 11.6. The SMILES string of the molecule is NCc1ccc(OCC(=O)NCc2cccnc2)cc1. The molecule has 0 atom stereocenters. The van der Waals surface area contributed by atoms with Gasteiger partial charge < -0.3 is 15.8 Å². The molecule has 2 rings (SSSR count). The number of carbonyl (C=O) groups is 1. The molecular formula is C15H17N3O2. The molecule has 2 aromatic rings. The van der Waals surface area contributed by atoms with E-state index in [2.05, 4.69) is 10.3 Å². The largest absolute Gasteiger partial charge is 0.484 e. The van der Waals surface area contributed by atoms with Gasteiger partial charge >= 0.3 is 0 Å². The van der Waals surface area contributed by atoms with Crippen molar-refractivity contribution in [3.05, 3.63) is 59.9 Å². The number of aromatic nitrogens is 1. The van der Waals surface area contributed by atoms with Gasteiger partial charge in [0.2, 0.25) is 0 Å². The van der Waals surface area contributed by atoms with Crippen LogP contribution in [0.25, 0.3) is 0 Å². The molecule has 0 saturated heterocycles. The van der Waals surface area contributed by atoms with Crippen LogP contribution in [-0.4, -0.2) is 17.5 Å². The molecule has 3 N–H and O–H groups in total. The number of hydrogen-bond donors (Lipinski definition) is 2. The number of carbonyl (C=O) groups excluding carboxylic acids is 1. The Balaban J connectivity index is 1.74. The van der Waals surface area contributed by atoms with Gasteiger partial charge in [-0.25, -0.2) is 0 Å². The molecule has 1 aromatic heterocycles. The van der Waals surface area contributed by atoms with E-state index in [4.69, 9.17) is 10.5 Å². The average molecular weight is 271 g/mol.